The second-order valence-corrected chi connectivity index (χ2v) is 7.45. The molecule has 0 aliphatic heterocycles. The third kappa shape index (κ3) is 5.38. The van der Waals surface area contributed by atoms with Crippen molar-refractivity contribution in [3.05, 3.63) is 65.5 Å². The number of ether oxygens (including phenoxy) is 1. The van der Waals surface area contributed by atoms with Crippen LogP contribution in [0.1, 0.15) is 18.9 Å². The third-order valence-electron chi connectivity index (χ3n) is 4.63. The molecule has 7 heteroatoms. The number of benzene rings is 2. The summed E-state index contributed by atoms with van der Waals surface area (Å²) in [5.41, 5.74) is 2.39. The van der Waals surface area contributed by atoms with Crippen molar-refractivity contribution in [1.82, 2.24) is 4.98 Å². The molecule has 1 aromatic heterocycles. The van der Waals surface area contributed by atoms with E-state index in [1.54, 1.807) is 29.5 Å². The number of carbonyl (C=O) groups is 1. The summed E-state index contributed by atoms with van der Waals surface area (Å²) in [6, 6.07) is 16.3. The van der Waals surface area contributed by atoms with Crippen LogP contribution >= 0.6 is 11.3 Å². The van der Waals surface area contributed by atoms with E-state index in [1.165, 1.54) is 23.5 Å². The first-order chi connectivity index (χ1) is 14.0. The van der Waals surface area contributed by atoms with Crippen LogP contribution < -0.4 is 9.64 Å². The molecule has 0 saturated heterocycles. The van der Waals surface area contributed by atoms with E-state index in [1.807, 2.05) is 37.3 Å². The number of nitrogens with zero attached hydrogens (tertiary/aromatic N) is 2. The van der Waals surface area contributed by atoms with E-state index in [9.17, 15) is 13.6 Å². The molecule has 1 heterocycles. The zero-order valence-electron chi connectivity index (χ0n) is 16.2. The number of thiazole rings is 1. The van der Waals surface area contributed by atoms with Crippen LogP contribution in [-0.2, 0) is 11.2 Å². The Bertz CT molecular complexity index is 947. The smallest absolute Gasteiger partial charge is 0.387 e. The normalized spacial score (nSPS) is 12.0. The third-order valence-corrected chi connectivity index (χ3v) is 5.55. The Labute approximate surface area is 172 Å². The highest BCUT2D eigenvalue weighted by molar-refractivity contribution is 7.14. The molecule has 0 aliphatic rings. The van der Waals surface area contributed by atoms with E-state index in [2.05, 4.69) is 9.72 Å². The van der Waals surface area contributed by atoms with Gasteiger partial charge in [-0.2, -0.15) is 8.78 Å². The van der Waals surface area contributed by atoms with Crippen LogP contribution in [0, 0.1) is 5.92 Å². The first-order valence-electron chi connectivity index (χ1n) is 9.30. The van der Waals surface area contributed by atoms with E-state index >= 15 is 0 Å². The highest BCUT2D eigenvalue weighted by Crippen LogP contribution is 2.30. The Morgan fingerprint density at radius 2 is 1.93 bits per heavy atom. The SMILES string of the molecule is CC[C@H](Cc1ccccc1)C(=O)N(C)c1nc(-c2cccc(OC(F)F)c2)cs1. The van der Waals surface area contributed by atoms with Gasteiger partial charge in [0.05, 0.1) is 5.69 Å². The summed E-state index contributed by atoms with van der Waals surface area (Å²) in [7, 11) is 1.72. The maximum absolute atomic E-state index is 13.0. The molecular weight excluding hydrogens is 394 g/mol. The van der Waals surface area contributed by atoms with Gasteiger partial charge in [0.1, 0.15) is 5.75 Å². The van der Waals surface area contributed by atoms with Gasteiger partial charge in [0, 0.05) is 23.9 Å². The summed E-state index contributed by atoms with van der Waals surface area (Å²) in [6.07, 6.45) is 1.40. The summed E-state index contributed by atoms with van der Waals surface area (Å²) in [4.78, 5) is 19.1. The Morgan fingerprint density at radius 1 is 1.17 bits per heavy atom. The topological polar surface area (TPSA) is 42.4 Å². The summed E-state index contributed by atoms with van der Waals surface area (Å²) < 4.78 is 29.3. The highest BCUT2D eigenvalue weighted by atomic mass is 32.1. The number of aromatic nitrogens is 1. The van der Waals surface area contributed by atoms with E-state index < -0.39 is 6.61 Å². The Morgan fingerprint density at radius 3 is 2.62 bits per heavy atom. The number of rotatable bonds is 8. The number of carbonyl (C=O) groups excluding carboxylic acids is 1. The lowest BCUT2D eigenvalue weighted by molar-refractivity contribution is -0.122. The lowest BCUT2D eigenvalue weighted by Gasteiger charge is -2.21. The van der Waals surface area contributed by atoms with Gasteiger partial charge in [-0.25, -0.2) is 4.98 Å². The Kier molecular flexibility index (Phi) is 6.93. The molecule has 0 radical (unpaired) electrons. The number of alkyl halides is 2. The van der Waals surface area contributed by atoms with Crippen molar-refractivity contribution in [2.75, 3.05) is 11.9 Å². The minimum absolute atomic E-state index is 0.00652. The predicted octanol–water partition coefficient (Wildman–Crippen LogP) is 5.64. The lowest BCUT2D eigenvalue weighted by atomic mass is 9.96. The molecule has 29 heavy (non-hydrogen) atoms. The molecule has 0 saturated carbocycles. The average molecular weight is 416 g/mol. The number of hydrogen-bond donors (Lipinski definition) is 0. The van der Waals surface area contributed by atoms with Gasteiger partial charge in [-0.15, -0.1) is 11.3 Å². The largest absolute Gasteiger partial charge is 0.435 e. The van der Waals surface area contributed by atoms with Crippen molar-refractivity contribution >= 4 is 22.4 Å². The first kappa shape index (κ1) is 20.9. The predicted molar refractivity (Wildman–Crippen MR) is 112 cm³/mol. The molecule has 2 aromatic carbocycles. The van der Waals surface area contributed by atoms with E-state index in [-0.39, 0.29) is 17.6 Å². The van der Waals surface area contributed by atoms with Gasteiger partial charge >= 0.3 is 6.61 Å². The zero-order valence-corrected chi connectivity index (χ0v) is 17.0. The monoisotopic (exact) mass is 416 g/mol. The Hall–Kier alpha value is -2.80. The van der Waals surface area contributed by atoms with Crippen molar-refractivity contribution in [2.45, 2.75) is 26.4 Å². The lowest BCUT2D eigenvalue weighted by Crippen LogP contribution is -2.33. The maximum atomic E-state index is 13.0. The molecule has 152 valence electrons. The van der Waals surface area contributed by atoms with Gasteiger partial charge in [-0.1, -0.05) is 49.4 Å². The van der Waals surface area contributed by atoms with Crippen LogP contribution in [0.3, 0.4) is 0 Å². The van der Waals surface area contributed by atoms with Crippen LogP contribution in [0.15, 0.2) is 60.0 Å². The van der Waals surface area contributed by atoms with Crippen LogP contribution in [0.4, 0.5) is 13.9 Å². The second-order valence-electron chi connectivity index (χ2n) is 6.61. The van der Waals surface area contributed by atoms with Gasteiger partial charge in [0.2, 0.25) is 5.91 Å². The standard InChI is InChI=1S/C22H22F2N2O2S/c1-3-16(12-15-8-5-4-6-9-15)20(27)26(2)22-25-19(14-29-22)17-10-7-11-18(13-17)28-21(23)24/h4-11,13-14,16,21H,3,12H2,1-2H3/t16-/m1/s1. The van der Waals surface area contributed by atoms with Crippen molar-refractivity contribution in [3.8, 4) is 17.0 Å². The quantitative estimate of drug-likeness (QED) is 0.477. The summed E-state index contributed by atoms with van der Waals surface area (Å²) in [6.45, 7) is -0.878. The molecule has 0 unspecified atom stereocenters. The summed E-state index contributed by atoms with van der Waals surface area (Å²) in [5, 5.41) is 2.37. The fraction of sp³-hybridized carbons (Fsp3) is 0.273. The van der Waals surface area contributed by atoms with Crippen LogP contribution in [0.5, 0.6) is 5.75 Å². The van der Waals surface area contributed by atoms with E-state index in [0.29, 0.717) is 22.8 Å². The van der Waals surface area contributed by atoms with E-state index in [0.717, 1.165) is 12.0 Å². The Balaban J connectivity index is 1.74. The van der Waals surface area contributed by atoms with Gasteiger partial charge < -0.3 is 4.74 Å². The van der Waals surface area contributed by atoms with Crippen LogP contribution in [-0.4, -0.2) is 24.6 Å². The number of halogens is 2. The van der Waals surface area contributed by atoms with Crippen molar-refractivity contribution in [1.29, 1.82) is 0 Å². The number of anilines is 1. The van der Waals surface area contributed by atoms with Crippen molar-refractivity contribution in [2.24, 2.45) is 5.92 Å². The minimum Gasteiger partial charge on any atom is -0.435 e. The summed E-state index contributed by atoms with van der Waals surface area (Å²) in [5.74, 6) is -0.0602. The minimum atomic E-state index is -2.88. The van der Waals surface area contributed by atoms with Crippen LogP contribution in [0.25, 0.3) is 11.3 Å². The zero-order chi connectivity index (χ0) is 20.8. The molecule has 0 N–H and O–H groups in total. The first-order valence-corrected chi connectivity index (χ1v) is 10.2. The van der Waals surface area contributed by atoms with Gasteiger partial charge in [-0.05, 0) is 30.5 Å². The fourth-order valence-corrected chi connectivity index (χ4v) is 3.86. The molecule has 3 rings (SSSR count). The molecule has 0 spiro atoms. The van der Waals surface area contributed by atoms with Crippen molar-refractivity contribution < 1.29 is 18.3 Å². The molecule has 1 atom stereocenters. The molecule has 4 nitrogen and oxygen atoms in total. The molecular formula is C22H22F2N2O2S. The fourth-order valence-electron chi connectivity index (χ4n) is 3.06. The molecule has 0 bridgehead atoms. The highest BCUT2D eigenvalue weighted by Gasteiger charge is 2.23. The molecule has 1 amide bonds. The summed E-state index contributed by atoms with van der Waals surface area (Å²) >= 11 is 1.34. The molecule has 0 aliphatic carbocycles. The second kappa shape index (κ2) is 9.60. The molecule has 0 fully saturated rings. The van der Waals surface area contributed by atoms with Gasteiger partial charge in [0.15, 0.2) is 5.13 Å². The average Bonchev–Trinajstić information content (AvgIpc) is 3.22. The van der Waals surface area contributed by atoms with Crippen LogP contribution in [0.2, 0.25) is 0 Å². The van der Waals surface area contributed by atoms with Gasteiger partial charge in [-0.3, -0.25) is 9.69 Å². The maximum Gasteiger partial charge on any atom is 0.387 e. The van der Waals surface area contributed by atoms with E-state index in [4.69, 9.17) is 0 Å². The number of amides is 1. The van der Waals surface area contributed by atoms with Crippen molar-refractivity contribution in [3.63, 3.8) is 0 Å². The number of hydrogen-bond acceptors (Lipinski definition) is 4. The molecule has 3 aromatic rings. The van der Waals surface area contributed by atoms with Gasteiger partial charge in [0.25, 0.3) is 0 Å².